The second-order valence-electron chi connectivity index (χ2n) is 7.48. The van der Waals surface area contributed by atoms with Gasteiger partial charge in [0.25, 0.3) is 0 Å². The van der Waals surface area contributed by atoms with Crippen molar-refractivity contribution in [2.24, 2.45) is 0 Å². The van der Waals surface area contributed by atoms with Gasteiger partial charge in [0, 0.05) is 31.8 Å². The monoisotopic (exact) mass is 409 g/mol. The molecule has 3 amide bonds. The average molecular weight is 409 g/mol. The van der Waals surface area contributed by atoms with Crippen molar-refractivity contribution in [1.82, 2.24) is 10.2 Å². The molecule has 0 heterocycles. The van der Waals surface area contributed by atoms with E-state index >= 15 is 0 Å². The molecule has 0 aliphatic heterocycles. The second kappa shape index (κ2) is 10.0. The molecule has 3 rings (SSSR count). The molecular formula is C23H27N3O4. The van der Waals surface area contributed by atoms with E-state index < -0.39 is 17.9 Å². The maximum Gasteiger partial charge on any atom is 0.313 e. The first kappa shape index (κ1) is 21.5. The molecular weight excluding hydrogens is 382 g/mol. The molecule has 1 saturated carbocycles. The summed E-state index contributed by atoms with van der Waals surface area (Å²) in [5, 5.41) is 14.5. The van der Waals surface area contributed by atoms with Gasteiger partial charge >= 0.3 is 11.8 Å². The second-order valence-corrected chi connectivity index (χ2v) is 7.48. The van der Waals surface area contributed by atoms with Crippen LogP contribution in [0, 0.1) is 0 Å². The first-order valence-corrected chi connectivity index (χ1v) is 10.1. The highest BCUT2D eigenvalue weighted by Gasteiger charge is 2.30. The van der Waals surface area contributed by atoms with E-state index in [1.807, 2.05) is 47.4 Å². The van der Waals surface area contributed by atoms with Gasteiger partial charge in [-0.1, -0.05) is 42.5 Å². The fraction of sp³-hybridized carbons (Fsp3) is 0.348. The van der Waals surface area contributed by atoms with Crippen LogP contribution in [-0.4, -0.2) is 40.4 Å². The third-order valence-electron chi connectivity index (χ3n) is 5.09. The Balaban J connectivity index is 1.56. The summed E-state index contributed by atoms with van der Waals surface area (Å²) in [5.41, 5.74) is 2.28. The predicted octanol–water partition coefficient (Wildman–Crippen LogP) is 2.38. The van der Waals surface area contributed by atoms with E-state index in [-0.39, 0.29) is 12.5 Å². The highest BCUT2D eigenvalue weighted by molar-refractivity contribution is 6.39. The number of aliphatic hydroxyl groups excluding tert-OH is 1. The van der Waals surface area contributed by atoms with Crippen molar-refractivity contribution in [3.05, 3.63) is 65.7 Å². The number of nitrogens with one attached hydrogen (secondary N) is 2. The quantitative estimate of drug-likeness (QED) is 0.583. The molecule has 1 fully saturated rings. The molecule has 30 heavy (non-hydrogen) atoms. The number of hydrogen-bond donors (Lipinski definition) is 3. The molecule has 3 N–H and O–H groups in total. The minimum Gasteiger partial charge on any atom is -0.396 e. The highest BCUT2D eigenvalue weighted by Crippen LogP contribution is 2.28. The van der Waals surface area contributed by atoms with Crippen LogP contribution in [0.25, 0.3) is 0 Å². The van der Waals surface area contributed by atoms with E-state index in [0.29, 0.717) is 24.7 Å². The molecule has 1 aliphatic rings. The van der Waals surface area contributed by atoms with Crippen LogP contribution < -0.4 is 10.6 Å². The Bertz CT molecular complexity index is 879. The van der Waals surface area contributed by atoms with E-state index in [9.17, 15) is 19.5 Å². The Morgan fingerprint density at radius 1 is 1.03 bits per heavy atom. The van der Waals surface area contributed by atoms with Crippen LogP contribution in [0.3, 0.4) is 0 Å². The lowest BCUT2D eigenvalue weighted by Gasteiger charge is -2.20. The number of aliphatic hydroxyl groups is 1. The van der Waals surface area contributed by atoms with E-state index in [4.69, 9.17) is 0 Å². The number of carbonyl (C=O) groups is 3. The lowest BCUT2D eigenvalue weighted by molar-refractivity contribution is -0.136. The van der Waals surface area contributed by atoms with E-state index in [1.165, 1.54) is 0 Å². The predicted molar refractivity (Wildman–Crippen MR) is 113 cm³/mol. The zero-order chi connectivity index (χ0) is 21.5. The van der Waals surface area contributed by atoms with Gasteiger partial charge in [-0.25, -0.2) is 0 Å². The topological polar surface area (TPSA) is 98.7 Å². The maximum absolute atomic E-state index is 12.3. The average Bonchev–Trinajstić information content (AvgIpc) is 3.58. The normalized spacial score (nSPS) is 13.9. The molecule has 0 saturated heterocycles. The number of benzene rings is 2. The summed E-state index contributed by atoms with van der Waals surface area (Å²) in [6.07, 6.45) is 2.40. The number of hydrogen-bond acceptors (Lipinski definition) is 4. The Morgan fingerprint density at radius 3 is 2.27 bits per heavy atom. The third-order valence-corrected chi connectivity index (χ3v) is 5.09. The minimum atomic E-state index is -0.773. The summed E-state index contributed by atoms with van der Waals surface area (Å²) in [6, 6.07) is 16.2. The Kier molecular flexibility index (Phi) is 7.19. The van der Waals surface area contributed by atoms with Crippen LogP contribution in [-0.2, 0) is 20.9 Å². The summed E-state index contributed by atoms with van der Waals surface area (Å²) < 4.78 is 0. The Labute approximate surface area is 176 Å². The standard InChI is InChI=1S/C23H27N3O4/c1-16(28)26(20-11-12-20)15-17-7-9-19(10-8-17)24-22(29)23(30)25-21(13-14-27)18-5-3-2-4-6-18/h2-10,20-21,27H,11-15H2,1H3,(H,24,29)(H,25,30)/t21-/m1/s1. The first-order chi connectivity index (χ1) is 14.5. The van der Waals surface area contributed by atoms with Crippen LogP contribution in [0.1, 0.15) is 43.4 Å². The maximum atomic E-state index is 12.3. The molecule has 0 spiro atoms. The lowest BCUT2D eigenvalue weighted by atomic mass is 10.0. The number of nitrogens with zero attached hydrogens (tertiary/aromatic N) is 1. The zero-order valence-electron chi connectivity index (χ0n) is 17.0. The van der Waals surface area contributed by atoms with Crippen molar-refractivity contribution in [2.75, 3.05) is 11.9 Å². The van der Waals surface area contributed by atoms with Crippen molar-refractivity contribution in [2.45, 2.75) is 44.8 Å². The van der Waals surface area contributed by atoms with Gasteiger partial charge in [0.05, 0.1) is 6.04 Å². The molecule has 2 aromatic rings. The molecule has 1 aliphatic carbocycles. The fourth-order valence-corrected chi connectivity index (χ4v) is 3.32. The van der Waals surface area contributed by atoms with Gasteiger partial charge in [-0.05, 0) is 42.5 Å². The number of rotatable bonds is 8. The first-order valence-electron chi connectivity index (χ1n) is 10.1. The summed E-state index contributed by atoms with van der Waals surface area (Å²) >= 11 is 0. The minimum absolute atomic E-state index is 0.0578. The molecule has 7 heteroatoms. The van der Waals surface area contributed by atoms with Gasteiger partial charge in [0.2, 0.25) is 5.91 Å². The highest BCUT2D eigenvalue weighted by atomic mass is 16.3. The van der Waals surface area contributed by atoms with E-state index in [0.717, 1.165) is 24.0 Å². The number of amides is 3. The molecule has 0 bridgehead atoms. The van der Waals surface area contributed by atoms with Gasteiger partial charge in [0.15, 0.2) is 0 Å². The summed E-state index contributed by atoms with van der Waals surface area (Å²) in [5.74, 6) is -1.48. The van der Waals surface area contributed by atoms with Gasteiger partial charge in [-0.15, -0.1) is 0 Å². The van der Waals surface area contributed by atoms with E-state index in [2.05, 4.69) is 10.6 Å². The van der Waals surface area contributed by atoms with Gasteiger partial charge in [-0.3, -0.25) is 14.4 Å². The summed E-state index contributed by atoms with van der Waals surface area (Å²) in [6.45, 7) is 2.00. The lowest BCUT2D eigenvalue weighted by Crippen LogP contribution is -2.38. The van der Waals surface area contributed by atoms with Crippen LogP contribution in [0.15, 0.2) is 54.6 Å². The van der Waals surface area contributed by atoms with Gasteiger partial charge in [0.1, 0.15) is 0 Å². The molecule has 0 aromatic heterocycles. The van der Waals surface area contributed by atoms with Crippen LogP contribution in [0.4, 0.5) is 5.69 Å². The van der Waals surface area contributed by atoms with Crippen molar-refractivity contribution >= 4 is 23.4 Å². The molecule has 2 aromatic carbocycles. The molecule has 0 unspecified atom stereocenters. The number of carbonyl (C=O) groups excluding carboxylic acids is 3. The SMILES string of the molecule is CC(=O)N(Cc1ccc(NC(=O)C(=O)N[C@H](CCO)c2ccccc2)cc1)C1CC1. The third kappa shape index (κ3) is 5.90. The largest absolute Gasteiger partial charge is 0.396 e. The van der Waals surface area contributed by atoms with Crippen LogP contribution >= 0.6 is 0 Å². The van der Waals surface area contributed by atoms with Crippen molar-refractivity contribution in [1.29, 1.82) is 0 Å². The van der Waals surface area contributed by atoms with Gasteiger partial charge in [-0.2, -0.15) is 0 Å². The fourth-order valence-electron chi connectivity index (χ4n) is 3.32. The van der Waals surface area contributed by atoms with Crippen molar-refractivity contribution in [3.8, 4) is 0 Å². The molecule has 7 nitrogen and oxygen atoms in total. The Hall–Kier alpha value is -3.19. The van der Waals surface area contributed by atoms with E-state index in [1.54, 1.807) is 19.1 Å². The Morgan fingerprint density at radius 2 is 1.70 bits per heavy atom. The molecule has 1 atom stereocenters. The van der Waals surface area contributed by atoms with Crippen LogP contribution in [0.2, 0.25) is 0 Å². The van der Waals surface area contributed by atoms with Crippen molar-refractivity contribution < 1.29 is 19.5 Å². The molecule has 0 radical (unpaired) electrons. The van der Waals surface area contributed by atoms with Crippen LogP contribution in [0.5, 0.6) is 0 Å². The molecule has 158 valence electrons. The smallest absolute Gasteiger partial charge is 0.313 e. The summed E-state index contributed by atoms with van der Waals surface area (Å²) in [7, 11) is 0. The van der Waals surface area contributed by atoms with Gasteiger partial charge < -0.3 is 20.6 Å². The number of anilines is 1. The summed E-state index contributed by atoms with van der Waals surface area (Å²) in [4.78, 5) is 38.2. The van der Waals surface area contributed by atoms with Crippen molar-refractivity contribution in [3.63, 3.8) is 0 Å². The zero-order valence-corrected chi connectivity index (χ0v) is 17.0.